The number of carbonyl (C=O) groups is 3. The van der Waals surface area contributed by atoms with Crippen molar-refractivity contribution in [1.82, 2.24) is 9.47 Å². The molecular weight excluding hydrogens is 680 g/mol. The lowest BCUT2D eigenvalue weighted by atomic mass is 10.1. The first-order valence-corrected chi connectivity index (χ1v) is 15.8. The van der Waals surface area contributed by atoms with Gasteiger partial charge in [-0.15, -0.1) is 0 Å². The quantitative estimate of drug-likeness (QED) is 0.0676. The number of fused-ring (bicyclic) bond motifs is 1. The molecule has 15 heteroatoms. The van der Waals surface area contributed by atoms with Gasteiger partial charge in [0.25, 0.3) is 0 Å². The number of benzene rings is 4. The highest BCUT2D eigenvalue weighted by atomic mass is 32.2. The molecule has 5 aromatic rings. The molecule has 0 radical (unpaired) electrons. The number of hydrogen-bond acceptors (Lipinski definition) is 8. The Morgan fingerprint density at radius 3 is 2.20 bits per heavy atom. The van der Waals surface area contributed by atoms with Gasteiger partial charge in [0.2, 0.25) is 0 Å². The van der Waals surface area contributed by atoms with Crippen LogP contribution >= 0.6 is 11.8 Å². The number of alkyl halides is 3. The summed E-state index contributed by atoms with van der Waals surface area (Å²) in [6, 6.07) is 22.8. The lowest BCUT2D eigenvalue weighted by Crippen LogP contribution is -2.21. The third-order valence-corrected chi connectivity index (χ3v) is 7.98. The van der Waals surface area contributed by atoms with Gasteiger partial charge >= 0.3 is 23.6 Å². The summed E-state index contributed by atoms with van der Waals surface area (Å²) >= 11 is -0.311. The van der Waals surface area contributed by atoms with Crippen molar-refractivity contribution in [2.45, 2.75) is 24.4 Å². The van der Waals surface area contributed by atoms with E-state index in [9.17, 15) is 31.9 Å². The minimum Gasteiger partial charge on any atom is -0.475 e. The van der Waals surface area contributed by atoms with E-state index >= 15 is 0 Å². The van der Waals surface area contributed by atoms with Crippen LogP contribution in [-0.2, 0) is 16.3 Å². The molecule has 0 saturated carbocycles. The Balaban J connectivity index is 1.27. The minimum atomic E-state index is -4.55. The van der Waals surface area contributed by atoms with Crippen LogP contribution in [0.3, 0.4) is 0 Å². The van der Waals surface area contributed by atoms with Crippen LogP contribution in [-0.4, -0.2) is 47.2 Å². The van der Waals surface area contributed by atoms with Crippen LogP contribution < -0.4 is 15.4 Å². The highest BCUT2D eigenvalue weighted by Gasteiger charge is 2.35. The predicted molar refractivity (Wildman–Crippen MR) is 180 cm³/mol. The molecule has 10 nitrogen and oxygen atoms in total. The summed E-state index contributed by atoms with van der Waals surface area (Å²) in [7, 11) is 3.81. The Hall–Kier alpha value is -5.54. The summed E-state index contributed by atoms with van der Waals surface area (Å²) in [5.41, 5.74) is -3.90. The Morgan fingerprint density at radius 2 is 1.56 bits per heavy atom. The van der Waals surface area contributed by atoms with Crippen molar-refractivity contribution < 1.29 is 46.5 Å². The van der Waals surface area contributed by atoms with Crippen molar-refractivity contribution in [2.24, 2.45) is 0 Å². The average Bonchev–Trinajstić information content (AvgIpc) is 3.33. The van der Waals surface area contributed by atoms with E-state index in [0.29, 0.717) is 12.1 Å². The molecule has 0 aliphatic carbocycles. The van der Waals surface area contributed by atoms with Crippen LogP contribution in [0.2, 0.25) is 0 Å². The number of ether oxygens (including phenoxy) is 1. The third-order valence-electron chi connectivity index (χ3n) is 7.13. The number of carbonyl (C=O) groups excluding carboxylic acids is 3. The van der Waals surface area contributed by atoms with Crippen LogP contribution in [0.15, 0.2) is 97.1 Å². The molecule has 2 amide bonds. The largest absolute Gasteiger partial charge is 0.475 e. The predicted octanol–water partition coefficient (Wildman–Crippen LogP) is 8.88. The number of urea groups is 1. The molecule has 2 N–H and O–H groups in total. The Bertz CT molecular complexity index is 1990. The van der Waals surface area contributed by atoms with Crippen molar-refractivity contribution in [3.8, 4) is 5.75 Å². The number of nitrogens with zero attached hydrogens (tertiary/aromatic N) is 2. The first-order chi connectivity index (χ1) is 23.8. The second-order valence-electron chi connectivity index (χ2n) is 11.1. The van der Waals surface area contributed by atoms with E-state index in [1.807, 2.05) is 19.0 Å². The van der Waals surface area contributed by atoms with Gasteiger partial charge < -0.3 is 20.3 Å². The van der Waals surface area contributed by atoms with Gasteiger partial charge in [0.15, 0.2) is 5.44 Å². The lowest BCUT2D eigenvalue weighted by molar-refractivity contribution is -0.182. The van der Waals surface area contributed by atoms with Gasteiger partial charge in [0, 0.05) is 23.2 Å². The van der Waals surface area contributed by atoms with E-state index in [4.69, 9.17) is 14.5 Å². The number of rotatable bonds is 9. The molecule has 0 spiro atoms. The molecular formula is C35H30F4N4O6S. The van der Waals surface area contributed by atoms with Crippen LogP contribution in [0.5, 0.6) is 5.75 Å². The fourth-order valence-corrected chi connectivity index (χ4v) is 5.66. The number of hydrogen-bond donors (Lipinski definition) is 2. The zero-order chi connectivity index (χ0) is 36.0. The number of halogens is 4. The zero-order valence-corrected chi connectivity index (χ0v) is 27.6. The minimum absolute atomic E-state index is 0.0617. The van der Waals surface area contributed by atoms with Crippen LogP contribution in [0.25, 0.3) is 10.9 Å². The first kappa shape index (κ1) is 35.8. The SMILES string of the molecule is Cc1c(NC(=O)Nc2ccc(OC(SC(F)(F)F)c3ccccc3)cc2)c2cc(F)ccc2n1C(=O)OOC(=O)c1ccc(CN(C)C)cc1. The van der Waals surface area contributed by atoms with Crippen molar-refractivity contribution in [2.75, 3.05) is 24.7 Å². The van der Waals surface area contributed by atoms with Crippen LogP contribution in [0.1, 0.15) is 32.6 Å². The Labute approximate surface area is 287 Å². The monoisotopic (exact) mass is 710 g/mol. The van der Waals surface area contributed by atoms with Gasteiger partial charge in [0.05, 0.1) is 22.5 Å². The van der Waals surface area contributed by atoms with Gasteiger partial charge in [-0.05, 0) is 92.9 Å². The normalized spacial score (nSPS) is 12.0. The Kier molecular flexibility index (Phi) is 11.0. The summed E-state index contributed by atoms with van der Waals surface area (Å²) < 4.78 is 60.6. The standard InChI is InChI=1S/C35H30F4N4O6S/c1-21-30(41-33(45)40-26-14-16-27(17-15-26)47-32(50-35(37,38)39)24-7-5-4-6-8-24)28-19-25(36)13-18-29(28)43(21)34(46)49-48-31(44)23-11-9-22(10-12-23)20-42(2)3/h4-19,32H,20H2,1-3H3,(H2,40,41,45). The molecule has 0 saturated heterocycles. The molecule has 0 aliphatic rings. The van der Waals surface area contributed by atoms with Crippen molar-refractivity contribution in [3.63, 3.8) is 0 Å². The van der Waals surface area contributed by atoms with E-state index in [0.717, 1.165) is 22.3 Å². The van der Waals surface area contributed by atoms with Gasteiger partial charge in [-0.3, -0.25) is 0 Å². The van der Waals surface area contributed by atoms with Gasteiger partial charge in [-0.1, -0.05) is 42.5 Å². The second-order valence-corrected chi connectivity index (χ2v) is 12.3. The van der Waals surface area contributed by atoms with Gasteiger partial charge in [-0.2, -0.15) is 13.2 Å². The summed E-state index contributed by atoms with van der Waals surface area (Å²) in [6.07, 6.45) is -1.13. The number of amides is 2. The van der Waals surface area contributed by atoms with E-state index in [1.54, 1.807) is 30.3 Å². The van der Waals surface area contributed by atoms with Crippen molar-refractivity contribution in [1.29, 1.82) is 0 Å². The van der Waals surface area contributed by atoms with Crippen LogP contribution in [0.4, 0.5) is 38.5 Å². The number of aromatic nitrogens is 1. The molecule has 4 aromatic carbocycles. The highest BCUT2D eigenvalue weighted by molar-refractivity contribution is 8.00. The van der Waals surface area contributed by atoms with Crippen LogP contribution in [0, 0.1) is 12.7 Å². The molecule has 1 aromatic heterocycles. The smallest absolute Gasteiger partial charge is 0.461 e. The van der Waals surface area contributed by atoms with E-state index in [1.165, 1.54) is 61.5 Å². The molecule has 1 atom stereocenters. The lowest BCUT2D eigenvalue weighted by Gasteiger charge is -2.20. The number of thioether (sulfide) groups is 1. The molecule has 1 heterocycles. The van der Waals surface area contributed by atoms with Crippen molar-refractivity contribution >= 4 is 52.1 Å². The zero-order valence-electron chi connectivity index (χ0n) is 26.8. The maximum Gasteiger partial charge on any atom is 0.461 e. The molecule has 0 fully saturated rings. The maximum atomic E-state index is 14.3. The molecule has 260 valence electrons. The topological polar surface area (TPSA) is 111 Å². The maximum absolute atomic E-state index is 14.3. The van der Waals surface area contributed by atoms with Gasteiger partial charge in [-0.25, -0.2) is 33.1 Å². The number of nitrogens with one attached hydrogen (secondary N) is 2. The van der Waals surface area contributed by atoms with E-state index in [2.05, 4.69) is 10.6 Å². The Morgan fingerprint density at radius 1 is 0.880 bits per heavy atom. The molecule has 50 heavy (non-hydrogen) atoms. The fraction of sp³-hybridized carbons (Fsp3) is 0.171. The summed E-state index contributed by atoms with van der Waals surface area (Å²) in [6.45, 7) is 2.12. The second kappa shape index (κ2) is 15.3. The number of anilines is 2. The summed E-state index contributed by atoms with van der Waals surface area (Å²) in [5.74, 6) is -1.45. The van der Waals surface area contributed by atoms with E-state index in [-0.39, 0.29) is 51.0 Å². The average molecular weight is 711 g/mol. The fourth-order valence-electron chi connectivity index (χ4n) is 4.96. The molecule has 0 aliphatic heterocycles. The first-order valence-electron chi connectivity index (χ1n) is 14.9. The summed E-state index contributed by atoms with van der Waals surface area (Å²) in [5, 5.41) is 5.32. The third kappa shape index (κ3) is 9.12. The molecule has 1 unspecified atom stereocenters. The van der Waals surface area contributed by atoms with E-state index < -0.39 is 34.9 Å². The highest BCUT2D eigenvalue weighted by Crippen LogP contribution is 2.43. The molecule has 5 rings (SSSR count). The van der Waals surface area contributed by atoms with Crippen molar-refractivity contribution in [3.05, 3.63) is 125 Å². The molecule has 0 bridgehead atoms. The summed E-state index contributed by atoms with van der Waals surface area (Å²) in [4.78, 5) is 50.2. The van der Waals surface area contributed by atoms with Gasteiger partial charge in [0.1, 0.15) is 11.6 Å².